The first kappa shape index (κ1) is 23.0. The van der Waals surface area contributed by atoms with Crippen molar-refractivity contribution in [2.45, 2.75) is 24.8 Å². The Morgan fingerprint density at radius 3 is 2.26 bits per heavy atom. The third-order valence-electron chi connectivity index (χ3n) is 5.06. The fourth-order valence-electron chi connectivity index (χ4n) is 3.42. The highest BCUT2D eigenvalue weighted by atomic mass is 35.5. The summed E-state index contributed by atoms with van der Waals surface area (Å²) in [4.78, 5) is 13.0. The van der Waals surface area contributed by atoms with Crippen molar-refractivity contribution < 1.29 is 13.2 Å². The molecule has 0 aliphatic carbocycles. The van der Waals surface area contributed by atoms with Crippen molar-refractivity contribution in [2.75, 3.05) is 13.6 Å². The molecule has 3 aromatic carbocycles. The minimum absolute atomic E-state index is 0.0844. The van der Waals surface area contributed by atoms with E-state index in [0.29, 0.717) is 5.02 Å². The zero-order valence-corrected chi connectivity index (χ0v) is 19.2. The monoisotopic (exact) mass is 456 g/mol. The van der Waals surface area contributed by atoms with E-state index in [9.17, 15) is 13.2 Å². The van der Waals surface area contributed by atoms with Gasteiger partial charge in [-0.1, -0.05) is 65.7 Å². The first-order valence-electron chi connectivity index (χ1n) is 9.82. The van der Waals surface area contributed by atoms with E-state index < -0.39 is 15.9 Å². The van der Waals surface area contributed by atoms with Gasteiger partial charge in [-0.3, -0.25) is 4.79 Å². The molecule has 3 rings (SSSR count). The predicted octanol–water partition coefficient (Wildman–Crippen LogP) is 4.48. The third kappa shape index (κ3) is 5.53. The normalized spacial score (nSPS) is 12.5. The van der Waals surface area contributed by atoms with Crippen molar-refractivity contribution in [3.8, 4) is 0 Å². The van der Waals surface area contributed by atoms with Crippen LogP contribution < -0.4 is 5.32 Å². The number of carbonyl (C=O) groups is 1. The summed E-state index contributed by atoms with van der Waals surface area (Å²) in [5.74, 6) is -0.395. The van der Waals surface area contributed by atoms with Crippen molar-refractivity contribution in [3.63, 3.8) is 0 Å². The highest BCUT2D eigenvalue weighted by Gasteiger charge is 2.25. The van der Waals surface area contributed by atoms with E-state index in [1.54, 1.807) is 0 Å². The molecule has 0 aromatic heterocycles. The zero-order valence-electron chi connectivity index (χ0n) is 17.7. The molecule has 0 saturated heterocycles. The van der Waals surface area contributed by atoms with Gasteiger partial charge in [-0.25, -0.2) is 8.42 Å². The number of rotatable bonds is 7. The molecule has 162 valence electrons. The van der Waals surface area contributed by atoms with Crippen LogP contribution in [0.2, 0.25) is 5.02 Å². The van der Waals surface area contributed by atoms with E-state index in [-0.39, 0.29) is 17.5 Å². The van der Waals surface area contributed by atoms with E-state index in [0.717, 1.165) is 26.6 Å². The third-order valence-corrected chi connectivity index (χ3v) is 7.13. The first-order chi connectivity index (χ1) is 14.7. The number of likely N-dealkylation sites (N-methyl/N-ethyl adjacent to an activating group) is 1. The van der Waals surface area contributed by atoms with Gasteiger partial charge in [0.2, 0.25) is 15.9 Å². The first-order valence-corrected chi connectivity index (χ1v) is 11.6. The molecule has 0 heterocycles. The second kappa shape index (κ2) is 9.64. The van der Waals surface area contributed by atoms with Crippen LogP contribution in [0.1, 0.15) is 28.3 Å². The van der Waals surface area contributed by atoms with E-state index in [4.69, 9.17) is 11.6 Å². The summed E-state index contributed by atoms with van der Waals surface area (Å²) in [5.41, 5.74) is 4.07. The number of aryl methyl sites for hydroxylation is 2. The van der Waals surface area contributed by atoms with Crippen LogP contribution in [-0.4, -0.2) is 32.2 Å². The van der Waals surface area contributed by atoms with E-state index >= 15 is 0 Å². The Morgan fingerprint density at radius 2 is 1.65 bits per heavy atom. The molecular formula is C24H25ClN2O3S. The van der Waals surface area contributed by atoms with Crippen LogP contribution in [0.15, 0.2) is 77.7 Å². The fourth-order valence-corrected chi connectivity index (χ4v) is 4.67. The number of halogens is 1. The Morgan fingerprint density at radius 1 is 1.00 bits per heavy atom. The standard InChI is InChI=1S/C24H25ClN2O3S/c1-17-9-14-22(18(2)15-17)24(19-7-5-4-6-8-19)26-23(28)16-27(3)31(29,30)21-12-10-20(25)11-13-21/h4-15,24H,16H2,1-3H3,(H,26,28)/t24-/m0/s1. The largest absolute Gasteiger partial charge is 0.344 e. The predicted molar refractivity (Wildman–Crippen MR) is 124 cm³/mol. The summed E-state index contributed by atoms with van der Waals surface area (Å²) in [6.45, 7) is 3.71. The number of benzene rings is 3. The van der Waals surface area contributed by atoms with Crippen molar-refractivity contribution >= 4 is 27.5 Å². The maximum Gasteiger partial charge on any atom is 0.243 e. The Kier molecular flexibility index (Phi) is 7.15. The number of amides is 1. The van der Waals surface area contributed by atoms with Crippen LogP contribution >= 0.6 is 11.6 Å². The summed E-state index contributed by atoms with van der Waals surface area (Å²) < 4.78 is 26.6. The number of nitrogens with one attached hydrogen (secondary N) is 1. The summed E-state index contributed by atoms with van der Waals surface area (Å²) in [7, 11) is -2.43. The molecule has 0 aliphatic heterocycles. The molecule has 7 heteroatoms. The molecule has 5 nitrogen and oxygen atoms in total. The number of carbonyl (C=O) groups excluding carboxylic acids is 1. The minimum atomic E-state index is -3.82. The lowest BCUT2D eigenvalue weighted by atomic mass is 9.94. The molecule has 0 aliphatic rings. The molecule has 0 fully saturated rings. The molecule has 31 heavy (non-hydrogen) atoms. The van der Waals surface area contributed by atoms with Crippen LogP contribution in [0.5, 0.6) is 0 Å². The Labute approximate surface area is 188 Å². The maximum atomic E-state index is 12.9. The number of sulfonamides is 1. The molecule has 0 bridgehead atoms. The molecule has 1 amide bonds. The summed E-state index contributed by atoms with van der Waals surface area (Å²) in [5, 5.41) is 3.45. The van der Waals surface area contributed by atoms with Gasteiger partial charge in [0, 0.05) is 12.1 Å². The van der Waals surface area contributed by atoms with Gasteiger partial charge in [-0.15, -0.1) is 0 Å². The average molecular weight is 457 g/mol. The topological polar surface area (TPSA) is 66.5 Å². The van der Waals surface area contributed by atoms with Crippen molar-refractivity contribution in [1.82, 2.24) is 9.62 Å². The number of nitrogens with zero attached hydrogens (tertiary/aromatic N) is 1. The van der Waals surface area contributed by atoms with E-state index in [1.807, 2.05) is 56.3 Å². The quantitative estimate of drug-likeness (QED) is 0.569. The van der Waals surface area contributed by atoms with Crippen LogP contribution in [0.25, 0.3) is 0 Å². The highest BCUT2D eigenvalue weighted by molar-refractivity contribution is 7.89. The van der Waals surface area contributed by atoms with Gasteiger partial charge in [0.1, 0.15) is 0 Å². The van der Waals surface area contributed by atoms with Gasteiger partial charge in [-0.05, 0) is 54.8 Å². The maximum absolute atomic E-state index is 12.9. The van der Waals surface area contributed by atoms with Crippen LogP contribution in [0.3, 0.4) is 0 Å². The fraction of sp³-hybridized carbons (Fsp3) is 0.208. The molecule has 0 spiro atoms. The highest BCUT2D eigenvalue weighted by Crippen LogP contribution is 2.26. The molecule has 0 unspecified atom stereocenters. The summed E-state index contributed by atoms with van der Waals surface area (Å²) in [6.07, 6.45) is 0. The van der Waals surface area contributed by atoms with Crippen LogP contribution in [0.4, 0.5) is 0 Å². The lowest BCUT2D eigenvalue weighted by Gasteiger charge is -2.24. The van der Waals surface area contributed by atoms with Crippen molar-refractivity contribution in [2.24, 2.45) is 0 Å². The van der Waals surface area contributed by atoms with E-state index in [1.165, 1.54) is 31.3 Å². The van der Waals surface area contributed by atoms with Crippen molar-refractivity contribution in [3.05, 3.63) is 100 Å². The van der Waals surface area contributed by atoms with E-state index in [2.05, 4.69) is 11.4 Å². The van der Waals surface area contributed by atoms with Gasteiger partial charge in [0.05, 0.1) is 17.5 Å². The van der Waals surface area contributed by atoms with Gasteiger partial charge in [-0.2, -0.15) is 4.31 Å². The van der Waals surface area contributed by atoms with Gasteiger partial charge in [0.25, 0.3) is 0 Å². The number of hydrogen-bond donors (Lipinski definition) is 1. The van der Waals surface area contributed by atoms with Gasteiger partial charge >= 0.3 is 0 Å². The summed E-state index contributed by atoms with van der Waals surface area (Å²) in [6, 6.07) is 21.2. The second-order valence-electron chi connectivity index (χ2n) is 7.49. The molecular weight excluding hydrogens is 432 g/mol. The smallest absolute Gasteiger partial charge is 0.243 e. The molecule has 3 aromatic rings. The Hall–Kier alpha value is -2.67. The van der Waals surface area contributed by atoms with Crippen LogP contribution in [0, 0.1) is 13.8 Å². The lowest BCUT2D eigenvalue weighted by Crippen LogP contribution is -2.40. The van der Waals surface area contributed by atoms with Gasteiger partial charge < -0.3 is 5.32 Å². The number of hydrogen-bond acceptors (Lipinski definition) is 3. The Bertz CT molecular complexity index is 1160. The SMILES string of the molecule is Cc1ccc([C@@H](NC(=O)CN(C)S(=O)(=O)c2ccc(Cl)cc2)c2ccccc2)c(C)c1. The van der Waals surface area contributed by atoms with Gasteiger partial charge in [0.15, 0.2) is 0 Å². The second-order valence-corrected chi connectivity index (χ2v) is 9.97. The average Bonchev–Trinajstić information content (AvgIpc) is 2.73. The lowest BCUT2D eigenvalue weighted by molar-refractivity contribution is -0.121. The van der Waals surface area contributed by atoms with Crippen molar-refractivity contribution in [1.29, 1.82) is 0 Å². The van der Waals surface area contributed by atoms with Crippen LogP contribution in [-0.2, 0) is 14.8 Å². The minimum Gasteiger partial charge on any atom is -0.344 e. The summed E-state index contributed by atoms with van der Waals surface area (Å²) >= 11 is 5.85. The molecule has 1 N–H and O–H groups in total. The zero-order chi connectivity index (χ0) is 22.6. The molecule has 0 radical (unpaired) electrons. The Balaban J connectivity index is 1.83. The molecule has 1 atom stereocenters. The molecule has 0 saturated carbocycles.